The Morgan fingerprint density at radius 1 is 0.500 bits per heavy atom. The summed E-state index contributed by atoms with van der Waals surface area (Å²) in [6.45, 7) is 4.15. The lowest BCUT2D eigenvalue weighted by atomic mass is 10.1. The van der Waals surface area contributed by atoms with E-state index in [0.717, 1.165) is 89.9 Å². The van der Waals surface area contributed by atoms with E-state index in [1.54, 1.807) is 6.08 Å². The maximum absolute atomic E-state index is 12.4. The van der Waals surface area contributed by atoms with E-state index < -0.39 is 12.1 Å². The first-order valence-corrected chi connectivity index (χ1v) is 20.5. The number of amides is 1. The predicted molar refractivity (Wildman–Crippen MR) is 220 cm³/mol. The molecule has 0 aromatic rings. The molecule has 4 nitrogen and oxygen atoms in total. The number of rotatable bonds is 35. The van der Waals surface area contributed by atoms with Gasteiger partial charge >= 0.3 is 0 Å². The van der Waals surface area contributed by atoms with Crippen LogP contribution in [-0.2, 0) is 4.79 Å². The van der Waals surface area contributed by atoms with Gasteiger partial charge in [0.15, 0.2) is 0 Å². The molecule has 0 saturated carbocycles. The van der Waals surface area contributed by atoms with E-state index in [1.165, 1.54) is 57.8 Å². The van der Waals surface area contributed by atoms with Gasteiger partial charge in [0.1, 0.15) is 0 Å². The second-order valence-corrected chi connectivity index (χ2v) is 13.3. The molecule has 284 valence electrons. The molecular formula is C46H77NO3. The number of hydrogen-bond donors (Lipinski definition) is 3. The summed E-state index contributed by atoms with van der Waals surface area (Å²) in [5, 5.41) is 22.9. The Labute approximate surface area is 309 Å². The zero-order valence-corrected chi connectivity index (χ0v) is 32.4. The SMILES string of the molecule is CC/C=C\C/C=C\C/C=C\C/C=C\C/C=C\C/C=C\CCCCCCC(=O)NC(CO)C(O)/C=C/CC/C=C/CCCCCCCCCCC. The van der Waals surface area contributed by atoms with Crippen LogP contribution in [0, 0.1) is 0 Å². The molecule has 4 heteroatoms. The van der Waals surface area contributed by atoms with E-state index in [2.05, 4.69) is 104 Å². The number of aliphatic hydroxyl groups is 2. The van der Waals surface area contributed by atoms with Gasteiger partial charge in [0, 0.05) is 6.42 Å². The third-order valence-electron chi connectivity index (χ3n) is 8.55. The van der Waals surface area contributed by atoms with Crippen molar-refractivity contribution in [1.82, 2.24) is 5.32 Å². The van der Waals surface area contributed by atoms with Crippen molar-refractivity contribution in [2.75, 3.05) is 6.61 Å². The van der Waals surface area contributed by atoms with Gasteiger partial charge in [0.05, 0.1) is 18.8 Å². The summed E-state index contributed by atoms with van der Waals surface area (Å²) in [5.74, 6) is -0.104. The standard InChI is InChI=1S/C46H77NO3/c1-3-5-7-9-11-13-15-17-19-20-21-22-23-24-25-26-28-30-32-34-36-38-40-42-46(50)47-44(43-48)45(49)41-39-37-35-33-31-29-27-18-16-14-12-10-8-6-4-2/h5,7,11,13,17,19,21-22,24-25,28,30-31,33,39,41,44-45,48-49H,3-4,6,8-10,12,14-16,18,20,23,26-27,29,32,34-38,40,42-43H2,1-2H3,(H,47,50)/b7-5-,13-11-,19-17-,22-21-,25-24-,30-28-,33-31+,41-39+. The molecule has 0 saturated heterocycles. The number of hydrogen-bond acceptors (Lipinski definition) is 3. The van der Waals surface area contributed by atoms with Gasteiger partial charge in [-0.1, -0.05) is 175 Å². The first-order chi connectivity index (χ1) is 24.7. The molecule has 2 atom stereocenters. The number of carbonyl (C=O) groups excluding carboxylic acids is 1. The van der Waals surface area contributed by atoms with E-state index in [1.807, 2.05) is 6.08 Å². The van der Waals surface area contributed by atoms with Crippen molar-refractivity contribution in [3.05, 3.63) is 97.2 Å². The van der Waals surface area contributed by atoms with Crippen LogP contribution < -0.4 is 5.32 Å². The molecule has 0 aliphatic heterocycles. The highest BCUT2D eigenvalue weighted by atomic mass is 16.3. The molecule has 0 spiro atoms. The van der Waals surface area contributed by atoms with Crippen molar-refractivity contribution in [3.8, 4) is 0 Å². The van der Waals surface area contributed by atoms with Gasteiger partial charge in [-0.15, -0.1) is 0 Å². The number of carbonyl (C=O) groups is 1. The van der Waals surface area contributed by atoms with Crippen LogP contribution in [0.25, 0.3) is 0 Å². The molecule has 1 amide bonds. The first-order valence-electron chi connectivity index (χ1n) is 20.5. The summed E-state index contributed by atoms with van der Waals surface area (Å²) in [4.78, 5) is 12.4. The van der Waals surface area contributed by atoms with Crippen LogP contribution in [0.5, 0.6) is 0 Å². The van der Waals surface area contributed by atoms with E-state index in [4.69, 9.17) is 0 Å². The smallest absolute Gasteiger partial charge is 0.220 e. The van der Waals surface area contributed by atoms with Gasteiger partial charge in [0.2, 0.25) is 5.91 Å². The van der Waals surface area contributed by atoms with Crippen LogP contribution in [0.3, 0.4) is 0 Å². The fourth-order valence-electron chi connectivity index (χ4n) is 5.43. The fraction of sp³-hybridized carbons (Fsp3) is 0.630. The average molecular weight is 692 g/mol. The molecule has 0 bridgehead atoms. The Balaban J connectivity index is 3.76. The maximum atomic E-state index is 12.4. The Bertz CT molecular complexity index is 968. The highest BCUT2D eigenvalue weighted by molar-refractivity contribution is 5.76. The molecule has 0 rings (SSSR count). The molecule has 0 fully saturated rings. The lowest BCUT2D eigenvalue weighted by molar-refractivity contribution is -0.123. The number of allylic oxidation sites excluding steroid dienone is 15. The van der Waals surface area contributed by atoms with Gasteiger partial charge in [-0.25, -0.2) is 0 Å². The molecular weight excluding hydrogens is 615 g/mol. The zero-order chi connectivity index (χ0) is 36.4. The highest BCUT2D eigenvalue weighted by Gasteiger charge is 2.17. The van der Waals surface area contributed by atoms with Crippen LogP contribution in [0.2, 0.25) is 0 Å². The van der Waals surface area contributed by atoms with Crippen LogP contribution in [0.4, 0.5) is 0 Å². The summed E-state index contributed by atoms with van der Waals surface area (Å²) >= 11 is 0. The van der Waals surface area contributed by atoms with Crippen LogP contribution in [0.1, 0.15) is 168 Å². The number of nitrogens with one attached hydrogen (secondary N) is 1. The Hall–Kier alpha value is -2.69. The molecule has 0 aliphatic rings. The molecule has 2 unspecified atom stereocenters. The van der Waals surface area contributed by atoms with Gasteiger partial charge in [-0.2, -0.15) is 0 Å². The van der Waals surface area contributed by atoms with Gasteiger partial charge in [-0.05, 0) is 83.5 Å². The second-order valence-electron chi connectivity index (χ2n) is 13.3. The van der Waals surface area contributed by atoms with Gasteiger partial charge < -0.3 is 15.5 Å². The van der Waals surface area contributed by atoms with Crippen LogP contribution in [0.15, 0.2) is 97.2 Å². The van der Waals surface area contributed by atoms with Crippen LogP contribution >= 0.6 is 0 Å². The maximum Gasteiger partial charge on any atom is 0.220 e. The number of aliphatic hydroxyl groups excluding tert-OH is 2. The third-order valence-corrected chi connectivity index (χ3v) is 8.55. The normalized spacial score (nSPS) is 14.1. The first kappa shape index (κ1) is 47.3. The van der Waals surface area contributed by atoms with Crippen molar-refractivity contribution in [1.29, 1.82) is 0 Å². The van der Waals surface area contributed by atoms with Crippen LogP contribution in [-0.4, -0.2) is 34.9 Å². The molecule has 0 radical (unpaired) electrons. The Kier molecular flexibility index (Phi) is 38.5. The van der Waals surface area contributed by atoms with E-state index in [0.29, 0.717) is 6.42 Å². The largest absolute Gasteiger partial charge is 0.394 e. The summed E-state index contributed by atoms with van der Waals surface area (Å²) in [6.07, 6.45) is 60.7. The fourth-order valence-corrected chi connectivity index (χ4v) is 5.43. The molecule has 0 aliphatic carbocycles. The van der Waals surface area contributed by atoms with Gasteiger partial charge in [-0.3, -0.25) is 4.79 Å². The number of unbranched alkanes of at least 4 members (excludes halogenated alkanes) is 14. The molecule has 50 heavy (non-hydrogen) atoms. The van der Waals surface area contributed by atoms with Crippen molar-refractivity contribution < 1.29 is 15.0 Å². The summed E-state index contributed by atoms with van der Waals surface area (Å²) < 4.78 is 0. The lowest BCUT2D eigenvalue weighted by Crippen LogP contribution is -2.45. The van der Waals surface area contributed by atoms with E-state index >= 15 is 0 Å². The highest BCUT2D eigenvalue weighted by Crippen LogP contribution is 2.11. The lowest BCUT2D eigenvalue weighted by Gasteiger charge is -2.19. The summed E-state index contributed by atoms with van der Waals surface area (Å²) in [6, 6.07) is -0.658. The van der Waals surface area contributed by atoms with Crippen molar-refractivity contribution in [3.63, 3.8) is 0 Å². The Morgan fingerprint density at radius 2 is 0.900 bits per heavy atom. The molecule has 0 aromatic carbocycles. The van der Waals surface area contributed by atoms with E-state index in [9.17, 15) is 15.0 Å². The minimum atomic E-state index is -0.878. The molecule has 0 aromatic heterocycles. The van der Waals surface area contributed by atoms with Crippen molar-refractivity contribution in [2.24, 2.45) is 0 Å². The predicted octanol–water partition coefficient (Wildman–Crippen LogP) is 12.7. The second kappa shape index (κ2) is 40.7. The summed E-state index contributed by atoms with van der Waals surface area (Å²) in [5.41, 5.74) is 0. The third kappa shape index (κ3) is 36.6. The summed E-state index contributed by atoms with van der Waals surface area (Å²) in [7, 11) is 0. The Morgan fingerprint density at radius 3 is 1.40 bits per heavy atom. The van der Waals surface area contributed by atoms with Crippen molar-refractivity contribution in [2.45, 2.75) is 180 Å². The zero-order valence-electron chi connectivity index (χ0n) is 32.4. The molecule has 3 N–H and O–H groups in total. The minimum Gasteiger partial charge on any atom is -0.394 e. The monoisotopic (exact) mass is 692 g/mol. The van der Waals surface area contributed by atoms with Crippen molar-refractivity contribution >= 4 is 5.91 Å². The van der Waals surface area contributed by atoms with E-state index in [-0.39, 0.29) is 12.5 Å². The quantitative estimate of drug-likeness (QED) is 0.0458. The minimum absolute atomic E-state index is 0.104. The molecule has 0 heterocycles. The average Bonchev–Trinajstić information content (AvgIpc) is 3.12. The van der Waals surface area contributed by atoms with Gasteiger partial charge in [0.25, 0.3) is 0 Å². The topological polar surface area (TPSA) is 69.6 Å².